The average molecular weight is 388 g/mol. The maximum absolute atomic E-state index is 12.7. The molecule has 1 saturated heterocycles. The van der Waals surface area contributed by atoms with Gasteiger partial charge in [-0.1, -0.05) is 24.3 Å². The second-order valence-corrected chi connectivity index (χ2v) is 8.33. The van der Waals surface area contributed by atoms with Crippen LogP contribution in [0.4, 0.5) is 5.69 Å². The number of para-hydroxylation sites is 1. The smallest absolute Gasteiger partial charge is 0.255 e. The van der Waals surface area contributed by atoms with Crippen molar-refractivity contribution in [3.05, 3.63) is 59.7 Å². The van der Waals surface area contributed by atoms with Crippen LogP contribution in [0.15, 0.2) is 53.4 Å². The molecule has 0 aliphatic carbocycles. The predicted molar refractivity (Wildman–Crippen MR) is 104 cm³/mol. The van der Waals surface area contributed by atoms with Crippen LogP contribution in [0.25, 0.3) is 0 Å². The molecule has 0 spiro atoms. The first kappa shape index (κ1) is 19.5. The number of sulfonamides is 1. The molecule has 1 fully saturated rings. The number of carbonyl (C=O) groups excluding carboxylic acids is 1. The van der Waals surface area contributed by atoms with E-state index in [-0.39, 0.29) is 10.8 Å². The Morgan fingerprint density at radius 1 is 1.11 bits per heavy atom. The molecule has 0 aromatic heterocycles. The van der Waals surface area contributed by atoms with Crippen LogP contribution in [0.5, 0.6) is 0 Å². The summed E-state index contributed by atoms with van der Waals surface area (Å²) < 4.78 is 32.3. The van der Waals surface area contributed by atoms with E-state index >= 15 is 0 Å². The molecule has 2 aromatic rings. The largest absolute Gasteiger partial charge is 0.377 e. The third-order valence-electron chi connectivity index (χ3n) is 4.53. The molecule has 0 bridgehead atoms. The number of anilines is 1. The van der Waals surface area contributed by atoms with E-state index in [9.17, 15) is 13.2 Å². The molecule has 7 heteroatoms. The number of rotatable bonds is 7. The summed E-state index contributed by atoms with van der Waals surface area (Å²) in [7, 11) is -3.55. The van der Waals surface area contributed by atoms with Crippen molar-refractivity contribution in [1.29, 1.82) is 0 Å². The quantitative estimate of drug-likeness (QED) is 0.790. The minimum atomic E-state index is -3.55. The van der Waals surface area contributed by atoms with E-state index in [2.05, 4.69) is 5.32 Å². The van der Waals surface area contributed by atoms with Gasteiger partial charge in [0, 0.05) is 36.5 Å². The van der Waals surface area contributed by atoms with Crippen LogP contribution in [0.1, 0.15) is 35.7 Å². The van der Waals surface area contributed by atoms with Gasteiger partial charge in [-0.05, 0) is 44.0 Å². The maximum Gasteiger partial charge on any atom is 0.255 e. The molecule has 0 radical (unpaired) electrons. The maximum atomic E-state index is 12.7. The van der Waals surface area contributed by atoms with Gasteiger partial charge in [0.05, 0.1) is 11.5 Å². The summed E-state index contributed by atoms with van der Waals surface area (Å²) in [5.74, 6) is -0.350. The van der Waals surface area contributed by atoms with Gasteiger partial charge in [0.25, 0.3) is 5.91 Å². The van der Waals surface area contributed by atoms with E-state index in [0.29, 0.717) is 37.6 Å². The lowest BCUT2D eigenvalue weighted by atomic mass is 10.1. The van der Waals surface area contributed by atoms with Crippen LogP contribution in [0.3, 0.4) is 0 Å². The van der Waals surface area contributed by atoms with Crippen molar-refractivity contribution in [2.24, 2.45) is 0 Å². The molecule has 1 N–H and O–H groups in total. The fourth-order valence-corrected chi connectivity index (χ4v) is 4.61. The average Bonchev–Trinajstić information content (AvgIpc) is 3.23. The van der Waals surface area contributed by atoms with E-state index < -0.39 is 10.0 Å². The Labute approximate surface area is 160 Å². The van der Waals surface area contributed by atoms with Crippen LogP contribution in [-0.2, 0) is 21.4 Å². The zero-order valence-corrected chi connectivity index (χ0v) is 16.2. The Hall–Kier alpha value is -2.22. The number of nitrogens with zero attached hydrogens (tertiary/aromatic N) is 1. The van der Waals surface area contributed by atoms with E-state index in [4.69, 9.17) is 4.74 Å². The first-order valence-electron chi connectivity index (χ1n) is 9.09. The molecule has 1 heterocycles. The zero-order valence-electron chi connectivity index (χ0n) is 15.3. The van der Waals surface area contributed by atoms with Gasteiger partial charge in [-0.15, -0.1) is 0 Å². The van der Waals surface area contributed by atoms with Gasteiger partial charge in [-0.2, -0.15) is 4.31 Å². The lowest BCUT2D eigenvalue weighted by Gasteiger charge is -2.16. The Kier molecular flexibility index (Phi) is 6.26. The lowest BCUT2D eigenvalue weighted by Crippen LogP contribution is -2.28. The summed E-state index contributed by atoms with van der Waals surface area (Å²) in [5.41, 5.74) is 1.83. The molecular formula is C20H24N2O4S. The summed E-state index contributed by atoms with van der Waals surface area (Å²) in [6, 6.07) is 13.6. The van der Waals surface area contributed by atoms with Gasteiger partial charge in [0.2, 0.25) is 10.0 Å². The summed E-state index contributed by atoms with van der Waals surface area (Å²) >= 11 is 0. The molecule has 144 valence electrons. The number of amides is 1. The number of hydrogen-bond donors (Lipinski definition) is 1. The van der Waals surface area contributed by atoms with E-state index in [0.717, 1.165) is 18.4 Å². The van der Waals surface area contributed by atoms with Crippen molar-refractivity contribution in [3.8, 4) is 0 Å². The van der Waals surface area contributed by atoms with Gasteiger partial charge < -0.3 is 10.1 Å². The zero-order chi connectivity index (χ0) is 19.3. The van der Waals surface area contributed by atoms with Gasteiger partial charge >= 0.3 is 0 Å². The Morgan fingerprint density at radius 2 is 1.85 bits per heavy atom. The SMILES string of the molecule is CCOCc1ccccc1NC(=O)c1cccc(S(=O)(=O)N2CCCC2)c1. The summed E-state index contributed by atoms with van der Waals surface area (Å²) in [4.78, 5) is 12.8. The fraction of sp³-hybridized carbons (Fsp3) is 0.350. The number of hydrogen-bond acceptors (Lipinski definition) is 4. The molecular weight excluding hydrogens is 364 g/mol. The topological polar surface area (TPSA) is 75.7 Å². The van der Waals surface area contributed by atoms with Crippen LogP contribution in [0.2, 0.25) is 0 Å². The van der Waals surface area contributed by atoms with Gasteiger partial charge in [0.1, 0.15) is 0 Å². The molecule has 6 nitrogen and oxygen atoms in total. The lowest BCUT2D eigenvalue weighted by molar-refractivity contribution is 0.102. The number of benzene rings is 2. The van der Waals surface area contributed by atoms with E-state index in [1.807, 2.05) is 25.1 Å². The third-order valence-corrected chi connectivity index (χ3v) is 6.42. The second kappa shape index (κ2) is 8.65. The number of carbonyl (C=O) groups is 1. The molecule has 0 saturated carbocycles. The molecule has 2 aromatic carbocycles. The Morgan fingerprint density at radius 3 is 2.59 bits per heavy atom. The highest BCUT2D eigenvalue weighted by atomic mass is 32.2. The van der Waals surface area contributed by atoms with Crippen LogP contribution in [0, 0.1) is 0 Å². The van der Waals surface area contributed by atoms with Crippen molar-refractivity contribution in [3.63, 3.8) is 0 Å². The third kappa shape index (κ3) is 4.55. The highest BCUT2D eigenvalue weighted by Gasteiger charge is 2.27. The molecule has 1 aliphatic heterocycles. The molecule has 0 unspecified atom stereocenters. The van der Waals surface area contributed by atoms with E-state index in [1.165, 1.54) is 16.4 Å². The standard InChI is InChI=1S/C20H24N2O4S/c1-2-26-15-17-8-3-4-11-19(17)21-20(23)16-9-7-10-18(14-16)27(24,25)22-12-5-6-13-22/h3-4,7-11,14H,2,5-6,12-13,15H2,1H3,(H,21,23). The normalized spacial score (nSPS) is 15.0. The number of ether oxygens (including phenoxy) is 1. The highest BCUT2D eigenvalue weighted by Crippen LogP contribution is 2.22. The van der Waals surface area contributed by atoms with Crippen LogP contribution < -0.4 is 5.32 Å². The highest BCUT2D eigenvalue weighted by molar-refractivity contribution is 7.89. The number of nitrogens with one attached hydrogen (secondary N) is 1. The summed E-state index contributed by atoms with van der Waals surface area (Å²) in [6.45, 7) is 3.95. The van der Waals surface area contributed by atoms with Gasteiger partial charge in [0.15, 0.2) is 0 Å². The Balaban J connectivity index is 1.80. The van der Waals surface area contributed by atoms with Crippen molar-refractivity contribution >= 4 is 21.6 Å². The van der Waals surface area contributed by atoms with Crippen LogP contribution >= 0.6 is 0 Å². The first-order chi connectivity index (χ1) is 13.0. The van der Waals surface area contributed by atoms with Gasteiger partial charge in [-0.25, -0.2) is 8.42 Å². The predicted octanol–water partition coefficient (Wildman–Crippen LogP) is 3.26. The molecule has 0 atom stereocenters. The van der Waals surface area contributed by atoms with Gasteiger partial charge in [-0.3, -0.25) is 4.79 Å². The first-order valence-corrected chi connectivity index (χ1v) is 10.5. The minimum absolute atomic E-state index is 0.152. The second-order valence-electron chi connectivity index (χ2n) is 6.39. The molecule has 1 aliphatic rings. The van der Waals surface area contributed by atoms with Crippen LogP contribution in [-0.4, -0.2) is 38.3 Å². The fourth-order valence-electron chi connectivity index (χ4n) is 3.05. The minimum Gasteiger partial charge on any atom is -0.377 e. The summed E-state index contributed by atoms with van der Waals surface area (Å²) in [6.07, 6.45) is 1.74. The Bertz CT molecular complexity index is 906. The van der Waals surface area contributed by atoms with Crippen molar-refractivity contribution < 1.29 is 17.9 Å². The van der Waals surface area contributed by atoms with Crippen molar-refractivity contribution in [1.82, 2.24) is 4.31 Å². The summed E-state index contributed by atoms with van der Waals surface area (Å²) in [5, 5.41) is 2.86. The van der Waals surface area contributed by atoms with Crippen molar-refractivity contribution in [2.45, 2.75) is 31.3 Å². The molecule has 1 amide bonds. The van der Waals surface area contributed by atoms with E-state index in [1.54, 1.807) is 18.2 Å². The van der Waals surface area contributed by atoms with Crippen molar-refractivity contribution in [2.75, 3.05) is 25.0 Å². The molecule has 27 heavy (non-hydrogen) atoms. The monoisotopic (exact) mass is 388 g/mol. The molecule has 3 rings (SSSR count).